The highest BCUT2D eigenvalue weighted by atomic mass is 32.1. The normalized spacial score (nSPS) is 11.2. The van der Waals surface area contributed by atoms with Gasteiger partial charge in [0.1, 0.15) is 0 Å². The zero-order chi connectivity index (χ0) is 15.1. The summed E-state index contributed by atoms with van der Waals surface area (Å²) in [6.45, 7) is 4.44. The lowest BCUT2D eigenvalue weighted by Gasteiger charge is -1.93. The molecule has 4 heteroatoms. The van der Waals surface area contributed by atoms with Gasteiger partial charge in [-0.2, -0.15) is 0 Å². The molecular formula is C18H14S4. The summed E-state index contributed by atoms with van der Waals surface area (Å²) in [5.74, 6) is 0. The Morgan fingerprint density at radius 3 is 1.45 bits per heavy atom. The van der Waals surface area contributed by atoms with E-state index >= 15 is 0 Å². The third kappa shape index (κ3) is 2.50. The number of rotatable bonds is 3. The maximum absolute atomic E-state index is 2.34. The Morgan fingerprint density at radius 1 is 0.636 bits per heavy atom. The molecule has 0 aliphatic carbocycles. The zero-order valence-corrected chi connectivity index (χ0v) is 15.5. The third-order valence-corrected chi connectivity index (χ3v) is 8.34. The predicted molar refractivity (Wildman–Crippen MR) is 104 cm³/mol. The lowest BCUT2D eigenvalue weighted by molar-refractivity contribution is 1.54. The van der Waals surface area contributed by atoms with Crippen molar-refractivity contribution in [1.82, 2.24) is 0 Å². The lowest BCUT2D eigenvalue weighted by Crippen LogP contribution is -1.66. The molecule has 22 heavy (non-hydrogen) atoms. The average Bonchev–Trinajstić information content (AvgIpc) is 3.25. The van der Waals surface area contributed by atoms with E-state index in [0.717, 1.165) is 0 Å². The first-order chi connectivity index (χ1) is 10.7. The highest BCUT2D eigenvalue weighted by Gasteiger charge is 2.14. The van der Waals surface area contributed by atoms with Crippen LogP contribution in [0.1, 0.15) is 11.1 Å². The quantitative estimate of drug-likeness (QED) is 0.354. The number of hydrogen-bond donors (Lipinski definition) is 0. The van der Waals surface area contributed by atoms with E-state index in [9.17, 15) is 0 Å². The molecule has 4 aromatic rings. The molecule has 0 atom stereocenters. The second kappa shape index (κ2) is 5.78. The van der Waals surface area contributed by atoms with Crippen LogP contribution in [0.3, 0.4) is 0 Å². The fraction of sp³-hybridized carbons (Fsp3) is 0.111. The highest BCUT2D eigenvalue weighted by molar-refractivity contribution is 7.28. The first-order valence-corrected chi connectivity index (χ1v) is 10.4. The van der Waals surface area contributed by atoms with Crippen molar-refractivity contribution in [1.29, 1.82) is 0 Å². The van der Waals surface area contributed by atoms with Gasteiger partial charge in [-0.1, -0.05) is 12.1 Å². The highest BCUT2D eigenvalue weighted by Crippen LogP contribution is 2.45. The van der Waals surface area contributed by atoms with Crippen molar-refractivity contribution in [2.75, 3.05) is 0 Å². The molecule has 0 bridgehead atoms. The van der Waals surface area contributed by atoms with Crippen molar-refractivity contribution in [3.05, 3.63) is 58.3 Å². The molecule has 0 fully saturated rings. The Balaban J connectivity index is 1.77. The van der Waals surface area contributed by atoms with Gasteiger partial charge in [0.05, 0.1) is 0 Å². The van der Waals surface area contributed by atoms with Crippen LogP contribution in [0, 0.1) is 13.8 Å². The molecule has 110 valence electrons. The molecule has 0 saturated heterocycles. The van der Waals surface area contributed by atoms with Crippen LogP contribution in [-0.4, -0.2) is 0 Å². The summed E-state index contributed by atoms with van der Waals surface area (Å²) < 4.78 is 0. The van der Waals surface area contributed by atoms with Gasteiger partial charge in [-0.05, 0) is 60.0 Å². The van der Waals surface area contributed by atoms with Crippen LogP contribution in [-0.2, 0) is 0 Å². The summed E-state index contributed by atoms with van der Waals surface area (Å²) in [7, 11) is 0. The van der Waals surface area contributed by atoms with Gasteiger partial charge in [-0.25, -0.2) is 0 Å². The van der Waals surface area contributed by atoms with Gasteiger partial charge >= 0.3 is 0 Å². The minimum absolute atomic E-state index is 1.38. The predicted octanol–water partition coefficient (Wildman–Crippen LogP) is 7.55. The minimum Gasteiger partial charge on any atom is -0.143 e. The molecule has 0 aliphatic heterocycles. The fourth-order valence-electron chi connectivity index (χ4n) is 2.51. The van der Waals surface area contributed by atoms with Gasteiger partial charge in [-0.3, -0.25) is 0 Å². The van der Waals surface area contributed by atoms with E-state index in [1.165, 1.54) is 40.4 Å². The average molecular weight is 359 g/mol. The summed E-state index contributed by atoms with van der Waals surface area (Å²) in [4.78, 5) is 8.34. The molecule has 0 nitrogen and oxygen atoms in total. The molecule has 0 spiro atoms. The van der Waals surface area contributed by atoms with E-state index in [2.05, 4.69) is 61.0 Å². The first kappa shape index (κ1) is 14.4. The molecule has 4 heterocycles. The van der Waals surface area contributed by atoms with E-state index in [-0.39, 0.29) is 0 Å². The molecule has 0 aliphatic rings. The summed E-state index contributed by atoms with van der Waals surface area (Å²) >= 11 is 7.47. The molecule has 0 N–H and O–H groups in total. The van der Waals surface area contributed by atoms with E-state index in [1.54, 1.807) is 0 Å². The van der Waals surface area contributed by atoms with Gasteiger partial charge in [0.2, 0.25) is 0 Å². The van der Waals surface area contributed by atoms with Crippen molar-refractivity contribution in [2.24, 2.45) is 0 Å². The van der Waals surface area contributed by atoms with Gasteiger partial charge < -0.3 is 0 Å². The smallest absolute Gasteiger partial charge is 0.0478 e. The number of aryl methyl sites for hydroxylation is 2. The van der Waals surface area contributed by atoms with Crippen molar-refractivity contribution in [3.8, 4) is 29.3 Å². The maximum atomic E-state index is 2.34. The van der Waals surface area contributed by atoms with Gasteiger partial charge in [-0.15, -0.1) is 45.3 Å². The fourth-order valence-corrected chi connectivity index (χ4v) is 6.77. The van der Waals surface area contributed by atoms with Gasteiger partial charge in [0.15, 0.2) is 0 Å². The SMILES string of the molecule is Cc1cc(-c2cc(C)c(-c3cccs3)s2)sc1-c1cccs1. The Morgan fingerprint density at radius 2 is 1.09 bits per heavy atom. The Labute approximate surface area is 146 Å². The standard InChI is InChI=1S/C18H14S4/c1-11-9-15(21-17(11)13-5-3-7-19-13)16-10-12(2)18(22-16)14-6-4-8-20-14/h3-10H,1-2H3. The van der Waals surface area contributed by atoms with Crippen LogP contribution in [0.5, 0.6) is 0 Å². The van der Waals surface area contributed by atoms with Crippen LogP contribution >= 0.6 is 45.3 Å². The van der Waals surface area contributed by atoms with Crippen LogP contribution in [0.25, 0.3) is 29.3 Å². The maximum Gasteiger partial charge on any atom is 0.0478 e. The van der Waals surface area contributed by atoms with Crippen molar-refractivity contribution in [2.45, 2.75) is 13.8 Å². The third-order valence-electron chi connectivity index (χ3n) is 3.57. The Hall–Kier alpha value is -1.20. The van der Waals surface area contributed by atoms with E-state index < -0.39 is 0 Å². The van der Waals surface area contributed by atoms with Crippen molar-refractivity contribution >= 4 is 45.3 Å². The van der Waals surface area contributed by atoms with E-state index in [4.69, 9.17) is 0 Å². The second-order valence-corrected chi connectivity index (χ2v) is 9.20. The Kier molecular flexibility index (Phi) is 3.78. The van der Waals surface area contributed by atoms with Crippen molar-refractivity contribution in [3.63, 3.8) is 0 Å². The molecule has 0 amide bonds. The van der Waals surface area contributed by atoms with Crippen LogP contribution in [0.15, 0.2) is 47.2 Å². The van der Waals surface area contributed by atoms with Crippen LogP contribution in [0.2, 0.25) is 0 Å². The molecule has 0 saturated carbocycles. The van der Waals surface area contributed by atoms with Crippen LogP contribution < -0.4 is 0 Å². The molecule has 0 radical (unpaired) electrons. The van der Waals surface area contributed by atoms with Crippen molar-refractivity contribution < 1.29 is 0 Å². The van der Waals surface area contributed by atoms with E-state index in [1.807, 2.05) is 45.3 Å². The molecule has 4 aromatic heterocycles. The second-order valence-electron chi connectivity index (χ2n) is 5.20. The molecule has 0 unspecified atom stereocenters. The Bertz CT molecular complexity index is 813. The lowest BCUT2D eigenvalue weighted by atomic mass is 10.2. The monoisotopic (exact) mass is 358 g/mol. The molecule has 0 aromatic carbocycles. The largest absolute Gasteiger partial charge is 0.143 e. The number of thiophene rings is 4. The summed E-state index contributed by atoms with van der Waals surface area (Å²) in [6, 6.07) is 13.4. The summed E-state index contributed by atoms with van der Waals surface area (Å²) in [5, 5.41) is 4.30. The minimum atomic E-state index is 1.38. The summed E-state index contributed by atoms with van der Waals surface area (Å²) in [6.07, 6.45) is 0. The first-order valence-electron chi connectivity index (χ1n) is 7.01. The number of hydrogen-bond acceptors (Lipinski definition) is 4. The van der Waals surface area contributed by atoms with E-state index in [0.29, 0.717) is 0 Å². The zero-order valence-electron chi connectivity index (χ0n) is 12.3. The van der Waals surface area contributed by atoms with Crippen LogP contribution in [0.4, 0.5) is 0 Å². The van der Waals surface area contributed by atoms with Gasteiger partial charge in [0, 0.05) is 29.3 Å². The van der Waals surface area contributed by atoms with Gasteiger partial charge in [0.25, 0.3) is 0 Å². The molecular weight excluding hydrogens is 344 g/mol. The summed E-state index contributed by atoms with van der Waals surface area (Å²) in [5.41, 5.74) is 2.76. The molecule has 4 rings (SSSR count). The topological polar surface area (TPSA) is 0 Å².